The van der Waals surface area contributed by atoms with E-state index >= 15 is 0 Å². The van der Waals surface area contributed by atoms with Crippen molar-refractivity contribution in [2.24, 2.45) is 0 Å². The summed E-state index contributed by atoms with van der Waals surface area (Å²) in [6.07, 6.45) is 4.41. The van der Waals surface area contributed by atoms with Crippen LogP contribution in [0, 0.1) is 0 Å². The first-order valence-corrected chi connectivity index (χ1v) is 6.17. The first-order valence-electron chi connectivity index (χ1n) is 6.17. The predicted molar refractivity (Wildman–Crippen MR) is 62.3 cm³/mol. The van der Waals surface area contributed by atoms with Gasteiger partial charge in [-0.05, 0) is 19.3 Å². The van der Waals surface area contributed by atoms with Gasteiger partial charge in [-0.25, -0.2) is 0 Å². The molecule has 1 aliphatic heterocycles. The van der Waals surface area contributed by atoms with Gasteiger partial charge < -0.3 is 9.47 Å². The van der Waals surface area contributed by atoms with E-state index in [0.717, 1.165) is 38.8 Å². The SMILES string of the molecule is CCCCOC(=O)CN1CCC(OC)CC1. The Morgan fingerprint density at radius 2 is 2.06 bits per heavy atom. The zero-order valence-electron chi connectivity index (χ0n) is 10.4. The second-order valence-corrected chi connectivity index (χ2v) is 4.29. The molecular weight excluding hydrogens is 206 g/mol. The fourth-order valence-electron chi connectivity index (χ4n) is 1.86. The van der Waals surface area contributed by atoms with Crippen molar-refractivity contribution in [2.45, 2.75) is 38.7 Å². The molecule has 0 saturated carbocycles. The molecule has 94 valence electrons. The Hall–Kier alpha value is -0.610. The maximum Gasteiger partial charge on any atom is 0.320 e. The fraction of sp³-hybridized carbons (Fsp3) is 0.917. The quantitative estimate of drug-likeness (QED) is 0.510. The third-order valence-corrected chi connectivity index (χ3v) is 2.98. The van der Waals surface area contributed by atoms with E-state index in [9.17, 15) is 4.79 Å². The van der Waals surface area contributed by atoms with E-state index in [4.69, 9.17) is 9.47 Å². The molecule has 16 heavy (non-hydrogen) atoms. The third kappa shape index (κ3) is 4.94. The molecule has 0 aromatic heterocycles. The molecular formula is C12H23NO3. The largest absolute Gasteiger partial charge is 0.465 e. The summed E-state index contributed by atoms with van der Waals surface area (Å²) in [6, 6.07) is 0. The van der Waals surface area contributed by atoms with Gasteiger partial charge in [0.2, 0.25) is 0 Å². The molecule has 0 N–H and O–H groups in total. The van der Waals surface area contributed by atoms with Gasteiger partial charge in [0.1, 0.15) is 0 Å². The number of ether oxygens (including phenoxy) is 2. The second-order valence-electron chi connectivity index (χ2n) is 4.29. The predicted octanol–water partition coefficient (Wildman–Crippen LogP) is 1.44. The Balaban J connectivity index is 2.10. The highest BCUT2D eigenvalue weighted by atomic mass is 16.5. The molecule has 0 radical (unpaired) electrons. The van der Waals surface area contributed by atoms with E-state index in [0.29, 0.717) is 19.3 Å². The first kappa shape index (κ1) is 13.5. The van der Waals surface area contributed by atoms with Crippen LogP contribution in [0.2, 0.25) is 0 Å². The van der Waals surface area contributed by atoms with E-state index < -0.39 is 0 Å². The Kier molecular flexibility index (Phi) is 6.42. The van der Waals surface area contributed by atoms with Gasteiger partial charge in [-0.2, -0.15) is 0 Å². The Bertz CT molecular complexity index is 200. The minimum Gasteiger partial charge on any atom is -0.465 e. The lowest BCUT2D eigenvalue weighted by molar-refractivity contribution is -0.145. The van der Waals surface area contributed by atoms with Crippen molar-refractivity contribution in [2.75, 3.05) is 33.4 Å². The number of methoxy groups -OCH3 is 1. The molecule has 0 aromatic rings. The van der Waals surface area contributed by atoms with Gasteiger partial charge in [0.15, 0.2) is 0 Å². The van der Waals surface area contributed by atoms with Gasteiger partial charge in [0.05, 0.1) is 19.3 Å². The molecule has 1 aliphatic rings. The molecule has 4 heteroatoms. The van der Waals surface area contributed by atoms with Crippen LogP contribution in [-0.4, -0.2) is 50.3 Å². The van der Waals surface area contributed by atoms with Gasteiger partial charge in [-0.3, -0.25) is 9.69 Å². The number of piperidine rings is 1. The van der Waals surface area contributed by atoms with Crippen LogP contribution in [0.25, 0.3) is 0 Å². The monoisotopic (exact) mass is 229 g/mol. The van der Waals surface area contributed by atoms with Crippen molar-refractivity contribution in [3.05, 3.63) is 0 Å². The summed E-state index contributed by atoms with van der Waals surface area (Å²) in [6.45, 7) is 4.94. The van der Waals surface area contributed by atoms with E-state index in [-0.39, 0.29) is 5.97 Å². The summed E-state index contributed by atoms with van der Waals surface area (Å²) in [7, 11) is 1.75. The molecule has 0 spiro atoms. The second kappa shape index (κ2) is 7.63. The molecule has 0 aliphatic carbocycles. The van der Waals surface area contributed by atoms with Crippen LogP contribution in [0.3, 0.4) is 0 Å². The van der Waals surface area contributed by atoms with Crippen molar-refractivity contribution >= 4 is 5.97 Å². The summed E-state index contributed by atoms with van der Waals surface area (Å²) >= 11 is 0. The lowest BCUT2D eigenvalue weighted by atomic mass is 10.1. The third-order valence-electron chi connectivity index (χ3n) is 2.98. The van der Waals surface area contributed by atoms with Gasteiger partial charge in [-0.15, -0.1) is 0 Å². The highest BCUT2D eigenvalue weighted by molar-refractivity contribution is 5.71. The fourth-order valence-corrected chi connectivity index (χ4v) is 1.86. The number of rotatable bonds is 6. The average molecular weight is 229 g/mol. The molecule has 0 atom stereocenters. The lowest BCUT2D eigenvalue weighted by Crippen LogP contribution is -2.40. The van der Waals surface area contributed by atoms with Crippen molar-refractivity contribution < 1.29 is 14.3 Å². The van der Waals surface area contributed by atoms with Crippen LogP contribution >= 0.6 is 0 Å². The van der Waals surface area contributed by atoms with Crippen LogP contribution in [0.1, 0.15) is 32.6 Å². The minimum absolute atomic E-state index is 0.0932. The Labute approximate surface area is 97.9 Å². The molecule has 0 aromatic carbocycles. The number of likely N-dealkylation sites (tertiary alicyclic amines) is 1. The van der Waals surface area contributed by atoms with Crippen LogP contribution in [0.4, 0.5) is 0 Å². The zero-order valence-corrected chi connectivity index (χ0v) is 10.4. The maximum absolute atomic E-state index is 11.4. The van der Waals surface area contributed by atoms with E-state index in [2.05, 4.69) is 11.8 Å². The van der Waals surface area contributed by atoms with E-state index in [1.165, 1.54) is 0 Å². The highest BCUT2D eigenvalue weighted by Crippen LogP contribution is 2.12. The first-order chi connectivity index (χ1) is 7.76. The van der Waals surface area contributed by atoms with Crippen LogP contribution < -0.4 is 0 Å². The van der Waals surface area contributed by atoms with E-state index in [1.807, 2.05) is 0 Å². The number of carbonyl (C=O) groups excluding carboxylic acids is 1. The molecule has 0 unspecified atom stereocenters. The van der Waals surface area contributed by atoms with Gasteiger partial charge in [0.25, 0.3) is 0 Å². The highest BCUT2D eigenvalue weighted by Gasteiger charge is 2.20. The number of hydrogen-bond acceptors (Lipinski definition) is 4. The zero-order chi connectivity index (χ0) is 11.8. The topological polar surface area (TPSA) is 38.8 Å². The average Bonchev–Trinajstić information content (AvgIpc) is 2.30. The number of unbranched alkanes of at least 4 members (excludes halogenated alkanes) is 1. The van der Waals surface area contributed by atoms with Crippen LogP contribution in [-0.2, 0) is 14.3 Å². The number of hydrogen-bond donors (Lipinski definition) is 0. The normalized spacial score (nSPS) is 18.6. The smallest absolute Gasteiger partial charge is 0.320 e. The molecule has 0 amide bonds. The minimum atomic E-state index is -0.0932. The summed E-state index contributed by atoms with van der Waals surface area (Å²) in [5.74, 6) is -0.0932. The molecule has 1 heterocycles. The number of esters is 1. The lowest BCUT2D eigenvalue weighted by Gasteiger charge is -2.30. The van der Waals surface area contributed by atoms with Crippen molar-refractivity contribution in [3.8, 4) is 0 Å². The van der Waals surface area contributed by atoms with Crippen LogP contribution in [0.5, 0.6) is 0 Å². The Morgan fingerprint density at radius 3 is 2.62 bits per heavy atom. The summed E-state index contributed by atoms with van der Waals surface area (Å²) < 4.78 is 10.4. The van der Waals surface area contributed by atoms with Crippen molar-refractivity contribution in [1.82, 2.24) is 4.90 Å². The molecule has 1 rings (SSSR count). The van der Waals surface area contributed by atoms with Crippen molar-refractivity contribution in [3.63, 3.8) is 0 Å². The molecule has 1 saturated heterocycles. The molecule has 0 bridgehead atoms. The van der Waals surface area contributed by atoms with Crippen molar-refractivity contribution in [1.29, 1.82) is 0 Å². The van der Waals surface area contributed by atoms with Gasteiger partial charge in [-0.1, -0.05) is 13.3 Å². The van der Waals surface area contributed by atoms with Crippen LogP contribution in [0.15, 0.2) is 0 Å². The maximum atomic E-state index is 11.4. The molecule has 1 fully saturated rings. The van der Waals surface area contributed by atoms with Gasteiger partial charge in [0, 0.05) is 20.2 Å². The summed E-state index contributed by atoms with van der Waals surface area (Å²) in [4.78, 5) is 13.6. The van der Waals surface area contributed by atoms with Gasteiger partial charge >= 0.3 is 5.97 Å². The Morgan fingerprint density at radius 1 is 1.38 bits per heavy atom. The number of nitrogens with zero attached hydrogens (tertiary/aromatic N) is 1. The number of carbonyl (C=O) groups is 1. The van der Waals surface area contributed by atoms with E-state index in [1.54, 1.807) is 7.11 Å². The summed E-state index contributed by atoms with van der Waals surface area (Å²) in [5.41, 5.74) is 0. The summed E-state index contributed by atoms with van der Waals surface area (Å²) in [5, 5.41) is 0. The standard InChI is InChI=1S/C12H23NO3/c1-3-4-9-16-12(14)10-13-7-5-11(15-2)6-8-13/h11H,3-10H2,1-2H3. The molecule has 4 nitrogen and oxygen atoms in total.